The molecule has 0 atom stereocenters. The van der Waals surface area contributed by atoms with E-state index in [9.17, 15) is 4.79 Å². The molecule has 118 valence electrons. The van der Waals surface area contributed by atoms with E-state index >= 15 is 0 Å². The van der Waals surface area contributed by atoms with Crippen molar-refractivity contribution in [3.63, 3.8) is 0 Å². The summed E-state index contributed by atoms with van der Waals surface area (Å²) in [7, 11) is 0. The predicted molar refractivity (Wildman–Crippen MR) is 88.2 cm³/mol. The average Bonchev–Trinajstić information content (AvgIpc) is 2.99. The highest BCUT2D eigenvalue weighted by molar-refractivity contribution is 6.35. The maximum Gasteiger partial charge on any atom is 0.221 e. The molecule has 0 fully saturated rings. The van der Waals surface area contributed by atoms with Crippen LogP contribution < -0.4 is 10.6 Å². The van der Waals surface area contributed by atoms with Gasteiger partial charge in [0.05, 0.1) is 12.8 Å². The summed E-state index contributed by atoms with van der Waals surface area (Å²) in [6.45, 7) is 1.78. The minimum Gasteiger partial charge on any atom is -0.468 e. The highest BCUT2D eigenvalue weighted by Gasteiger charge is 2.04. The van der Waals surface area contributed by atoms with Crippen molar-refractivity contribution in [1.29, 1.82) is 0 Å². The van der Waals surface area contributed by atoms with Crippen LogP contribution >= 0.6 is 23.2 Å². The molecule has 1 aromatic heterocycles. The van der Waals surface area contributed by atoms with Gasteiger partial charge in [0.25, 0.3) is 0 Å². The van der Waals surface area contributed by atoms with Crippen molar-refractivity contribution in [2.75, 3.05) is 13.1 Å². The first-order valence-electron chi connectivity index (χ1n) is 7.09. The Bertz CT molecular complexity index is 600. The van der Waals surface area contributed by atoms with Crippen molar-refractivity contribution >= 4 is 29.1 Å². The Morgan fingerprint density at radius 1 is 1.18 bits per heavy atom. The minimum atomic E-state index is 0.0111. The van der Waals surface area contributed by atoms with E-state index in [-0.39, 0.29) is 5.91 Å². The lowest BCUT2D eigenvalue weighted by Crippen LogP contribution is -2.29. The van der Waals surface area contributed by atoms with Gasteiger partial charge >= 0.3 is 0 Å². The first-order valence-corrected chi connectivity index (χ1v) is 7.84. The van der Waals surface area contributed by atoms with Crippen LogP contribution in [0.3, 0.4) is 0 Å². The monoisotopic (exact) mass is 340 g/mol. The zero-order valence-electron chi connectivity index (χ0n) is 12.1. The fourth-order valence-electron chi connectivity index (χ4n) is 1.98. The quantitative estimate of drug-likeness (QED) is 0.724. The lowest BCUT2D eigenvalue weighted by Gasteiger charge is -2.07. The third-order valence-electron chi connectivity index (χ3n) is 3.14. The van der Waals surface area contributed by atoms with Crippen LogP contribution in [0.5, 0.6) is 0 Å². The second-order valence-corrected chi connectivity index (χ2v) is 5.69. The van der Waals surface area contributed by atoms with E-state index in [4.69, 9.17) is 27.6 Å². The molecule has 2 N–H and O–H groups in total. The Labute approximate surface area is 139 Å². The lowest BCUT2D eigenvalue weighted by atomic mass is 10.1. The molecule has 0 aliphatic rings. The Morgan fingerprint density at radius 3 is 2.77 bits per heavy atom. The molecule has 0 saturated carbocycles. The standard InChI is InChI=1S/C16H18Cl2N2O2/c17-13-4-3-12(15(18)10-13)5-8-20-16(21)6-7-19-11-14-2-1-9-22-14/h1-4,9-10,19H,5-8,11H2,(H,20,21). The largest absolute Gasteiger partial charge is 0.468 e. The van der Waals surface area contributed by atoms with Gasteiger partial charge in [-0.2, -0.15) is 0 Å². The van der Waals surface area contributed by atoms with Gasteiger partial charge < -0.3 is 15.1 Å². The molecule has 6 heteroatoms. The van der Waals surface area contributed by atoms with Gasteiger partial charge in [-0.15, -0.1) is 0 Å². The molecule has 2 aromatic rings. The highest BCUT2D eigenvalue weighted by Crippen LogP contribution is 2.20. The number of halogens is 2. The summed E-state index contributed by atoms with van der Waals surface area (Å²) in [5.41, 5.74) is 0.974. The van der Waals surface area contributed by atoms with Crippen LogP contribution in [0.2, 0.25) is 10.0 Å². The molecular weight excluding hydrogens is 323 g/mol. The van der Waals surface area contributed by atoms with E-state index in [0.29, 0.717) is 42.5 Å². The van der Waals surface area contributed by atoms with E-state index in [1.54, 1.807) is 18.4 Å². The van der Waals surface area contributed by atoms with Crippen molar-refractivity contribution in [1.82, 2.24) is 10.6 Å². The molecule has 4 nitrogen and oxygen atoms in total. The molecular formula is C16H18Cl2N2O2. The predicted octanol–water partition coefficient (Wildman–Crippen LogP) is 3.43. The SMILES string of the molecule is O=C(CCNCc1ccco1)NCCc1ccc(Cl)cc1Cl. The van der Waals surface area contributed by atoms with E-state index in [1.807, 2.05) is 18.2 Å². The molecule has 1 aromatic carbocycles. The fourth-order valence-corrected chi connectivity index (χ4v) is 2.48. The maximum absolute atomic E-state index is 11.7. The van der Waals surface area contributed by atoms with Gasteiger partial charge in [-0.25, -0.2) is 0 Å². The summed E-state index contributed by atoms with van der Waals surface area (Å²) in [4.78, 5) is 11.7. The summed E-state index contributed by atoms with van der Waals surface area (Å²) in [5, 5.41) is 7.26. The van der Waals surface area contributed by atoms with Gasteiger partial charge in [-0.1, -0.05) is 29.3 Å². The van der Waals surface area contributed by atoms with E-state index in [1.165, 1.54) is 0 Å². The molecule has 1 heterocycles. The molecule has 1 amide bonds. The van der Waals surface area contributed by atoms with Crippen LogP contribution in [-0.2, 0) is 17.8 Å². The normalized spacial score (nSPS) is 10.6. The number of benzene rings is 1. The lowest BCUT2D eigenvalue weighted by molar-refractivity contribution is -0.120. The van der Waals surface area contributed by atoms with Gasteiger partial charge in [0, 0.05) is 29.6 Å². The highest BCUT2D eigenvalue weighted by atomic mass is 35.5. The van der Waals surface area contributed by atoms with Crippen molar-refractivity contribution in [2.45, 2.75) is 19.4 Å². The van der Waals surface area contributed by atoms with Crippen LogP contribution in [0.15, 0.2) is 41.0 Å². The number of nitrogens with one attached hydrogen (secondary N) is 2. The molecule has 0 unspecified atom stereocenters. The van der Waals surface area contributed by atoms with E-state index < -0.39 is 0 Å². The zero-order chi connectivity index (χ0) is 15.8. The van der Waals surface area contributed by atoms with Gasteiger partial charge in [0.2, 0.25) is 5.91 Å². The Hall–Kier alpha value is -1.49. The third-order valence-corrected chi connectivity index (χ3v) is 3.73. The molecule has 2 rings (SSSR count). The number of rotatable bonds is 8. The average molecular weight is 341 g/mol. The van der Waals surface area contributed by atoms with Crippen LogP contribution in [-0.4, -0.2) is 19.0 Å². The minimum absolute atomic E-state index is 0.0111. The van der Waals surface area contributed by atoms with Crippen LogP contribution in [0.4, 0.5) is 0 Å². The Kier molecular flexibility index (Phi) is 6.77. The molecule has 0 spiro atoms. The first-order chi connectivity index (χ1) is 10.6. The van der Waals surface area contributed by atoms with Crippen LogP contribution in [0.1, 0.15) is 17.7 Å². The van der Waals surface area contributed by atoms with Gasteiger partial charge in [-0.3, -0.25) is 4.79 Å². The fraction of sp³-hybridized carbons (Fsp3) is 0.312. The number of hydrogen-bond donors (Lipinski definition) is 2. The summed E-state index contributed by atoms with van der Waals surface area (Å²) in [6, 6.07) is 9.11. The maximum atomic E-state index is 11.7. The molecule has 22 heavy (non-hydrogen) atoms. The first kappa shape index (κ1) is 16.9. The van der Waals surface area contributed by atoms with Gasteiger partial charge in [-0.05, 0) is 36.2 Å². The summed E-state index contributed by atoms with van der Waals surface area (Å²) in [6.07, 6.45) is 2.74. The van der Waals surface area contributed by atoms with Crippen molar-refractivity contribution in [2.24, 2.45) is 0 Å². The molecule has 0 radical (unpaired) electrons. The topological polar surface area (TPSA) is 54.3 Å². The molecule has 0 aliphatic heterocycles. The Morgan fingerprint density at radius 2 is 2.05 bits per heavy atom. The summed E-state index contributed by atoms with van der Waals surface area (Å²) in [5.74, 6) is 0.870. The number of amides is 1. The third kappa shape index (κ3) is 5.72. The zero-order valence-corrected chi connectivity index (χ0v) is 13.6. The molecule has 0 saturated heterocycles. The second kappa shape index (κ2) is 8.83. The van der Waals surface area contributed by atoms with E-state index in [2.05, 4.69) is 10.6 Å². The number of furan rings is 1. The van der Waals surface area contributed by atoms with Crippen LogP contribution in [0.25, 0.3) is 0 Å². The number of carbonyl (C=O) groups excluding carboxylic acids is 1. The molecule has 0 bridgehead atoms. The van der Waals surface area contributed by atoms with Gasteiger partial charge in [0.15, 0.2) is 0 Å². The Balaban J connectivity index is 1.59. The van der Waals surface area contributed by atoms with Crippen molar-refractivity contribution in [3.8, 4) is 0 Å². The van der Waals surface area contributed by atoms with Crippen molar-refractivity contribution < 1.29 is 9.21 Å². The van der Waals surface area contributed by atoms with Gasteiger partial charge in [0.1, 0.15) is 5.76 Å². The smallest absolute Gasteiger partial charge is 0.221 e. The van der Waals surface area contributed by atoms with Crippen molar-refractivity contribution in [3.05, 3.63) is 58.0 Å². The van der Waals surface area contributed by atoms with Crippen LogP contribution in [0, 0.1) is 0 Å². The molecule has 0 aliphatic carbocycles. The van der Waals surface area contributed by atoms with E-state index in [0.717, 1.165) is 11.3 Å². The summed E-state index contributed by atoms with van der Waals surface area (Å²) < 4.78 is 5.19. The second-order valence-electron chi connectivity index (χ2n) is 4.84. The number of carbonyl (C=O) groups is 1. The summed E-state index contributed by atoms with van der Waals surface area (Å²) >= 11 is 11.9. The number of hydrogen-bond acceptors (Lipinski definition) is 3.